The van der Waals surface area contributed by atoms with Crippen LogP contribution in [0.2, 0.25) is 0 Å². The van der Waals surface area contributed by atoms with E-state index in [2.05, 4.69) is 5.32 Å². The topological polar surface area (TPSA) is 77.8 Å². The van der Waals surface area contributed by atoms with Crippen molar-refractivity contribution in [2.75, 3.05) is 12.4 Å². The highest BCUT2D eigenvalue weighted by Gasteiger charge is 2.25. The second-order valence-electron chi connectivity index (χ2n) is 6.05. The molecule has 3 aromatic rings. The van der Waals surface area contributed by atoms with Crippen molar-refractivity contribution in [1.29, 1.82) is 0 Å². The molecule has 0 saturated carbocycles. The van der Waals surface area contributed by atoms with Crippen LogP contribution in [0, 0.1) is 18.6 Å². The zero-order chi connectivity index (χ0) is 20.4. The fraction of sp³-hybridized carbons (Fsp3) is 0.200. The van der Waals surface area contributed by atoms with E-state index in [1.54, 1.807) is 25.1 Å². The first-order chi connectivity index (χ1) is 13.3. The molecule has 28 heavy (non-hydrogen) atoms. The fourth-order valence-electron chi connectivity index (χ4n) is 2.63. The summed E-state index contributed by atoms with van der Waals surface area (Å²) in [6, 6.07) is 8.21. The fourth-order valence-corrected chi connectivity index (χ4v) is 2.63. The van der Waals surface area contributed by atoms with Gasteiger partial charge in [-0.2, -0.15) is 0 Å². The van der Waals surface area contributed by atoms with E-state index < -0.39 is 35.3 Å². The van der Waals surface area contributed by atoms with Crippen molar-refractivity contribution in [3.05, 3.63) is 59.4 Å². The van der Waals surface area contributed by atoms with Gasteiger partial charge in [0.15, 0.2) is 6.10 Å². The average Bonchev–Trinajstić information content (AvgIpc) is 3.00. The van der Waals surface area contributed by atoms with Crippen molar-refractivity contribution in [3.63, 3.8) is 0 Å². The molecule has 0 fully saturated rings. The highest BCUT2D eigenvalue weighted by molar-refractivity contribution is 5.99. The Kier molecular flexibility index (Phi) is 5.30. The second kappa shape index (κ2) is 7.67. The van der Waals surface area contributed by atoms with Gasteiger partial charge in [0.1, 0.15) is 28.7 Å². The number of hydrogen-bond acceptors (Lipinski definition) is 5. The second-order valence-corrected chi connectivity index (χ2v) is 6.05. The molecule has 1 atom stereocenters. The molecule has 1 heterocycles. The molecule has 2 aromatic carbocycles. The summed E-state index contributed by atoms with van der Waals surface area (Å²) in [5.74, 6) is -3.10. The number of halogens is 2. The van der Waals surface area contributed by atoms with Gasteiger partial charge in [-0.25, -0.2) is 13.6 Å². The SMILES string of the molecule is COc1ccc2oc(C(=O)O[C@H](C)C(=O)Nc3c(F)cccc3F)c(C)c2c1. The van der Waals surface area contributed by atoms with E-state index >= 15 is 0 Å². The number of aryl methyl sites for hydroxylation is 1. The zero-order valence-electron chi connectivity index (χ0n) is 15.3. The smallest absolute Gasteiger partial charge is 0.375 e. The van der Waals surface area contributed by atoms with Crippen molar-refractivity contribution in [1.82, 2.24) is 0 Å². The van der Waals surface area contributed by atoms with Gasteiger partial charge in [0, 0.05) is 10.9 Å². The van der Waals surface area contributed by atoms with Crippen LogP contribution >= 0.6 is 0 Å². The largest absolute Gasteiger partial charge is 0.497 e. The molecule has 0 saturated heterocycles. The summed E-state index contributed by atoms with van der Waals surface area (Å²) in [6.45, 7) is 2.95. The lowest BCUT2D eigenvalue weighted by Gasteiger charge is -2.13. The van der Waals surface area contributed by atoms with E-state index in [0.717, 1.165) is 12.1 Å². The third kappa shape index (κ3) is 3.66. The van der Waals surface area contributed by atoms with E-state index in [4.69, 9.17) is 13.9 Å². The average molecular weight is 389 g/mol. The lowest BCUT2D eigenvalue weighted by molar-refractivity contribution is -0.123. The summed E-state index contributed by atoms with van der Waals surface area (Å²) >= 11 is 0. The molecule has 0 aliphatic rings. The number of anilines is 1. The van der Waals surface area contributed by atoms with Gasteiger partial charge >= 0.3 is 5.97 Å². The summed E-state index contributed by atoms with van der Waals surface area (Å²) in [6.07, 6.45) is -1.31. The maximum Gasteiger partial charge on any atom is 0.375 e. The maximum atomic E-state index is 13.6. The number of benzene rings is 2. The predicted octanol–water partition coefficient (Wildman–Crippen LogP) is 4.21. The van der Waals surface area contributed by atoms with Gasteiger partial charge in [-0.15, -0.1) is 0 Å². The van der Waals surface area contributed by atoms with Crippen LogP contribution in [0.3, 0.4) is 0 Å². The molecule has 0 bridgehead atoms. The molecular formula is C20H17F2NO5. The zero-order valence-corrected chi connectivity index (χ0v) is 15.3. The molecule has 3 rings (SSSR count). The lowest BCUT2D eigenvalue weighted by atomic mass is 10.1. The molecule has 0 aliphatic heterocycles. The molecular weight excluding hydrogens is 372 g/mol. The monoisotopic (exact) mass is 389 g/mol. The first-order valence-corrected chi connectivity index (χ1v) is 8.34. The number of carbonyl (C=O) groups excluding carboxylic acids is 2. The lowest BCUT2D eigenvalue weighted by Crippen LogP contribution is -2.30. The third-order valence-electron chi connectivity index (χ3n) is 4.19. The van der Waals surface area contributed by atoms with Crippen LogP contribution in [0.15, 0.2) is 40.8 Å². The van der Waals surface area contributed by atoms with E-state index in [-0.39, 0.29) is 5.76 Å². The quantitative estimate of drug-likeness (QED) is 0.662. The number of amides is 1. The third-order valence-corrected chi connectivity index (χ3v) is 4.19. The molecule has 1 N–H and O–H groups in total. The van der Waals surface area contributed by atoms with Gasteiger partial charge in [0.05, 0.1) is 7.11 Å². The van der Waals surface area contributed by atoms with Crippen molar-refractivity contribution in [2.24, 2.45) is 0 Å². The van der Waals surface area contributed by atoms with Gasteiger partial charge in [-0.05, 0) is 44.2 Å². The Morgan fingerprint density at radius 1 is 1.14 bits per heavy atom. The molecule has 0 radical (unpaired) electrons. The number of furan rings is 1. The van der Waals surface area contributed by atoms with Gasteiger partial charge in [0.2, 0.25) is 5.76 Å². The predicted molar refractivity (Wildman–Crippen MR) is 97.4 cm³/mol. The van der Waals surface area contributed by atoms with Gasteiger partial charge in [-0.3, -0.25) is 4.79 Å². The summed E-state index contributed by atoms with van der Waals surface area (Å²) in [4.78, 5) is 24.6. The number of hydrogen-bond donors (Lipinski definition) is 1. The molecule has 0 aliphatic carbocycles. The van der Waals surface area contributed by atoms with Crippen LogP contribution < -0.4 is 10.1 Å². The number of para-hydroxylation sites is 1. The standard InChI is InChI=1S/C20H17F2NO5/c1-10-13-9-12(26-3)7-8-16(13)28-18(10)20(25)27-11(2)19(24)23-17-14(21)5-4-6-15(17)22/h4-9,11H,1-3H3,(H,23,24)/t11-/m1/s1. The van der Waals surface area contributed by atoms with E-state index in [9.17, 15) is 18.4 Å². The maximum absolute atomic E-state index is 13.6. The first-order valence-electron chi connectivity index (χ1n) is 8.34. The van der Waals surface area contributed by atoms with Crippen LogP contribution in [0.25, 0.3) is 11.0 Å². The van der Waals surface area contributed by atoms with Crippen molar-refractivity contribution in [3.8, 4) is 5.75 Å². The highest BCUT2D eigenvalue weighted by atomic mass is 19.1. The van der Waals surface area contributed by atoms with Crippen molar-refractivity contribution >= 4 is 28.5 Å². The first kappa shape index (κ1) is 19.3. The summed E-state index contributed by atoms with van der Waals surface area (Å²) in [7, 11) is 1.52. The number of ether oxygens (including phenoxy) is 2. The summed E-state index contributed by atoms with van der Waals surface area (Å²) in [5, 5.41) is 2.74. The van der Waals surface area contributed by atoms with Crippen LogP contribution in [-0.4, -0.2) is 25.1 Å². The van der Waals surface area contributed by atoms with E-state index in [1.165, 1.54) is 20.1 Å². The minimum Gasteiger partial charge on any atom is -0.497 e. The number of carbonyl (C=O) groups is 2. The summed E-state index contributed by atoms with van der Waals surface area (Å²) in [5.41, 5.74) is 0.366. The Labute approximate surface area is 159 Å². The van der Waals surface area contributed by atoms with E-state index in [1.807, 2.05) is 0 Å². The Bertz CT molecular complexity index is 1040. The van der Waals surface area contributed by atoms with Crippen LogP contribution in [0.4, 0.5) is 14.5 Å². The molecule has 6 nitrogen and oxygen atoms in total. The van der Waals surface area contributed by atoms with Gasteiger partial charge in [-0.1, -0.05) is 6.07 Å². The number of rotatable bonds is 5. The molecule has 1 aromatic heterocycles. The number of nitrogens with one attached hydrogen (secondary N) is 1. The number of esters is 1. The normalized spacial score (nSPS) is 11.9. The van der Waals surface area contributed by atoms with E-state index in [0.29, 0.717) is 22.3 Å². The molecule has 0 spiro atoms. The minimum atomic E-state index is -1.31. The Hall–Kier alpha value is -3.42. The molecule has 8 heteroatoms. The molecule has 1 amide bonds. The molecule has 0 unspecified atom stereocenters. The Morgan fingerprint density at radius 3 is 2.46 bits per heavy atom. The van der Waals surface area contributed by atoms with Gasteiger partial charge in [0.25, 0.3) is 5.91 Å². The summed E-state index contributed by atoms with van der Waals surface area (Å²) < 4.78 is 43.1. The van der Waals surface area contributed by atoms with Crippen LogP contribution in [-0.2, 0) is 9.53 Å². The van der Waals surface area contributed by atoms with Gasteiger partial charge < -0.3 is 19.2 Å². The Balaban J connectivity index is 1.76. The highest BCUT2D eigenvalue weighted by Crippen LogP contribution is 2.29. The van der Waals surface area contributed by atoms with Crippen LogP contribution in [0.1, 0.15) is 23.0 Å². The van der Waals surface area contributed by atoms with Crippen LogP contribution in [0.5, 0.6) is 5.75 Å². The van der Waals surface area contributed by atoms with Crippen molar-refractivity contribution < 1.29 is 32.3 Å². The number of fused-ring (bicyclic) bond motifs is 1. The van der Waals surface area contributed by atoms with Crippen molar-refractivity contribution in [2.45, 2.75) is 20.0 Å². The Morgan fingerprint density at radius 2 is 1.82 bits per heavy atom. The molecule has 146 valence electrons. The number of methoxy groups -OCH3 is 1. The minimum absolute atomic E-state index is 0.0695.